The highest BCUT2D eigenvalue weighted by atomic mass is 16.6. The molecule has 0 radical (unpaired) electrons. The average Bonchev–Trinajstić information content (AvgIpc) is 2.76. The first kappa shape index (κ1) is 10.9. The molecule has 0 spiro atoms. The maximum absolute atomic E-state index is 10.9. The summed E-state index contributed by atoms with van der Waals surface area (Å²) in [7, 11) is 0. The van der Waals surface area contributed by atoms with Crippen molar-refractivity contribution in [3.05, 3.63) is 34.4 Å². The van der Waals surface area contributed by atoms with Gasteiger partial charge in [0.05, 0.1) is 17.6 Å². The summed E-state index contributed by atoms with van der Waals surface area (Å²) >= 11 is 0. The topological polar surface area (TPSA) is 66.6 Å². The van der Waals surface area contributed by atoms with E-state index in [9.17, 15) is 15.2 Å². The van der Waals surface area contributed by atoms with E-state index in [1.807, 2.05) is 4.90 Å². The predicted octanol–water partition coefficient (Wildman–Crippen LogP) is 1.56. The molecule has 1 N–H and O–H groups in total. The fourth-order valence-corrected chi connectivity index (χ4v) is 2.20. The first-order valence-corrected chi connectivity index (χ1v) is 5.35. The third-order valence-electron chi connectivity index (χ3n) is 2.98. The molecule has 0 saturated carbocycles. The van der Waals surface area contributed by atoms with E-state index in [0.29, 0.717) is 5.69 Å². The van der Waals surface area contributed by atoms with Crippen molar-refractivity contribution in [2.45, 2.75) is 18.9 Å². The molecule has 1 unspecified atom stereocenters. The van der Waals surface area contributed by atoms with Crippen LogP contribution in [0.2, 0.25) is 0 Å². The van der Waals surface area contributed by atoms with Gasteiger partial charge in [-0.05, 0) is 18.9 Å². The maximum atomic E-state index is 10.9. The fourth-order valence-electron chi connectivity index (χ4n) is 2.20. The zero-order valence-corrected chi connectivity index (χ0v) is 8.87. The molecule has 1 heterocycles. The van der Waals surface area contributed by atoms with E-state index in [-0.39, 0.29) is 23.3 Å². The number of nitrogens with zero attached hydrogens (tertiary/aromatic N) is 2. The minimum absolute atomic E-state index is 0.0149. The van der Waals surface area contributed by atoms with E-state index in [4.69, 9.17) is 0 Å². The van der Waals surface area contributed by atoms with Crippen LogP contribution in [0.4, 0.5) is 11.4 Å². The predicted molar refractivity (Wildman–Crippen MR) is 60.6 cm³/mol. The Morgan fingerprint density at radius 1 is 1.50 bits per heavy atom. The van der Waals surface area contributed by atoms with Crippen LogP contribution in [0.25, 0.3) is 0 Å². The molecular formula is C11H14N2O3. The summed E-state index contributed by atoms with van der Waals surface area (Å²) in [5, 5.41) is 20.1. The highest BCUT2D eigenvalue weighted by molar-refractivity contribution is 5.64. The van der Waals surface area contributed by atoms with Crippen molar-refractivity contribution in [2.75, 3.05) is 18.1 Å². The van der Waals surface area contributed by atoms with E-state index in [1.54, 1.807) is 18.2 Å². The summed E-state index contributed by atoms with van der Waals surface area (Å²) in [6.45, 7) is 0.822. The van der Waals surface area contributed by atoms with Crippen LogP contribution in [0.1, 0.15) is 12.8 Å². The van der Waals surface area contributed by atoms with Crippen molar-refractivity contribution in [1.29, 1.82) is 0 Å². The molecule has 1 fully saturated rings. The number of para-hydroxylation sites is 2. The van der Waals surface area contributed by atoms with Gasteiger partial charge in [0.25, 0.3) is 5.69 Å². The summed E-state index contributed by atoms with van der Waals surface area (Å²) in [5.41, 5.74) is 0.729. The molecular weight excluding hydrogens is 208 g/mol. The van der Waals surface area contributed by atoms with Crippen molar-refractivity contribution < 1.29 is 10.0 Å². The first-order chi connectivity index (χ1) is 7.74. The van der Waals surface area contributed by atoms with Crippen LogP contribution < -0.4 is 4.90 Å². The fraction of sp³-hybridized carbons (Fsp3) is 0.455. The number of nitro benzene ring substituents is 1. The molecule has 2 rings (SSSR count). The smallest absolute Gasteiger partial charge is 0.292 e. The Labute approximate surface area is 93.5 Å². The van der Waals surface area contributed by atoms with E-state index < -0.39 is 0 Å². The lowest BCUT2D eigenvalue weighted by atomic mass is 10.2. The lowest BCUT2D eigenvalue weighted by Gasteiger charge is -2.24. The Bertz CT molecular complexity index is 395. The van der Waals surface area contributed by atoms with Gasteiger partial charge in [-0.15, -0.1) is 0 Å². The highest BCUT2D eigenvalue weighted by Crippen LogP contribution is 2.32. The lowest BCUT2D eigenvalue weighted by Crippen LogP contribution is -2.32. The van der Waals surface area contributed by atoms with Crippen LogP contribution in [0.5, 0.6) is 0 Å². The summed E-state index contributed by atoms with van der Waals surface area (Å²) in [6.07, 6.45) is 1.86. The highest BCUT2D eigenvalue weighted by Gasteiger charge is 2.28. The van der Waals surface area contributed by atoms with Gasteiger partial charge in [-0.3, -0.25) is 10.1 Å². The summed E-state index contributed by atoms with van der Waals surface area (Å²) in [5.74, 6) is 0. The first-order valence-electron chi connectivity index (χ1n) is 5.35. The molecule has 5 nitrogen and oxygen atoms in total. The molecule has 1 aliphatic heterocycles. The molecule has 1 aromatic carbocycles. The molecule has 16 heavy (non-hydrogen) atoms. The number of rotatable bonds is 3. The van der Waals surface area contributed by atoms with Crippen molar-refractivity contribution in [1.82, 2.24) is 0 Å². The molecule has 0 aliphatic carbocycles. The van der Waals surface area contributed by atoms with E-state index in [1.165, 1.54) is 6.07 Å². The Morgan fingerprint density at radius 2 is 2.25 bits per heavy atom. The van der Waals surface area contributed by atoms with Gasteiger partial charge in [0, 0.05) is 12.6 Å². The van der Waals surface area contributed by atoms with Crippen LogP contribution in [0.3, 0.4) is 0 Å². The average molecular weight is 222 g/mol. The van der Waals surface area contributed by atoms with Gasteiger partial charge < -0.3 is 10.0 Å². The Kier molecular flexibility index (Phi) is 3.05. The number of anilines is 1. The Morgan fingerprint density at radius 3 is 2.94 bits per heavy atom. The number of aliphatic hydroxyl groups excluding tert-OH is 1. The summed E-state index contributed by atoms with van der Waals surface area (Å²) in [4.78, 5) is 12.4. The van der Waals surface area contributed by atoms with Gasteiger partial charge in [-0.2, -0.15) is 0 Å². The maximum Gasteiger partial charge on any atom is 0.292 e. The van der Waals surface area contributed by atoms with Crippen molar-refractivity contribution in [3.8, 4) is 0 Å². The Hall–Kier alpha value is -1.62. The molecule has 1 aromatic rings. The zero-order valence-electron chi connectivity index (χ0n) is 8.87. The van der Waals surface area contributed by atoms with Crippen LogP contribution in [0.15, 0.2) is 24.3 Å². The quantitative estimate of drug-likeness (QED) is 0.622. The normalized spacial score (nSPS) is 20.1. The van der Waals surface area contributed by atoms with Gasteiger partial charge in [0.1, 0.15) is 5.69 Å². The van der Waals surface area contributed by atoms with E-state index in [0.717, 1.165) is 19.4 Å². The summed E-state index contributed by atoms with van der Waals surface area (Å²) in [6, 6.07) is 6.70. The molecule has 0 bridgehead atoms. The van der Waals surface area contributed by atoms with E-state index >= 15 is 0 Å². The van der Waals surface area contributed by atoms with Crippen LogP contribution in [-0.2, 0) is 0 Å². The van der Waals surface area contributed by atoms with Crippen LogP contribution in [-0.4, -0.2) is 29.2 Å². The van der Waals surface area contributed by atoms with Gasteiger partial charge in [-0.25, -0.2) is 0 Å². The molecule has 0 amide bonds. The van der Waals surface area contributed by atoms with Crippen LogP contribution >= 0.6 is 0 Å². The second-order valence-corrected chi connectivity index (χ2v) is 3.92. The molecule has 1 atom stereocenters. The second kappa shape index (κ2) is 4.49. The van der Waals surface area contributed by atoms with Gasteiger partial charge >= 0.3 is 0 Å². The van der Waals surface area contributed by atoms with Crippen molar-refractivity contribution in [2.24, 2.45) is 0 Å². The monoisotopic (exact) mass is 222 g/mol. The molecule has 0 aromatic heterocycles. The Balaban J connectivity index is 2.35. The molecule has 1 saturated heterocycles. The number of aliphatic hydroxyl groups is 1. The number of hydrogen-bond donors (Lipinski definition) is 1. The SMILES string of the molecule is O=[N+]([O-])c1ccccc1N1CCCC1CO. The van der Waals surface area contributed by atoms with Gasteiger partial charge in [0.15, 0.2) is 0 Å². The summed E-state index contributed by atoms with van der Waals surface area (Å²) < 4.78 is 0. The lowest BCUT2D eigenvalue weighted by molar-refractivity contribution is -0.384. The second-order valence-electron chi connectivity index (χ2n) is 3.92. The third kappa shape index (κ3) is 1.86. The molecule has 86 valence electrons. The van der Waals surface area contributed by atoms with Crippen molar-refractivity contribution >= 4 is 11.4 Å². The minimum Gasteiger partial charge on any atom is -0.394 e. The molecule has 1 aliphatic rings. The number of benzene rings is 1. The largest absolute Gasteiger partial charge is 0.394 e. The zero-order chi connectivity index (χ0) is 11.5. The van der Waals surface area contributed by atoms with Gasteiger partial charge in [0.2, 0.25) is 0 Å². The number of nitro groups is 1. The number of hydrogen-bond acceptors (Lipinski definition) is 4. The standard InChI is InChI=1S/C11H14N2O3/c14-8-9-4-3-7-12(9)10-5-1-2-6-11(10)13(15)16/h1-2,5-6,9,14H,3-4,7-8H2. The van der Waals surface area contributed by atoms with Gasteiger partial charge in [-0.1, -0.05) is 12.1 Å². The van der Waals surface area contributed by atoms with E-state index in [2.05, 4.69) is 0 Å². The molecule has 5 heteroatoms. The minimum atomic E-state index is -0.373. The van der Waals surface area contributed by atoms with Crippen molar-refractivity contribution in [3.63, 3.8) is 0 Å². The van der Waals surface area contributed by atoms with Crippen LogP contribution in [0, 0.1) is 10.1 Å². The third-order valence-corrected chi connectivity index (χ3v) is 2.98.